The van der Waals surface area contributed by atoms with Crippen LogP contribution in [0.4, 0.5) is 0 Å². The Kier molecular flexibility index (Phi) is 7.88. The van der Waals surface area contributed by atoms with E-state index in [0.29, 0.717) is 24.7 Å². The molecule has 0 bridgehead atoms. The third kappa shape index (κ3) is 5.07. The molecule has 0 aliphatic carbocycles. The molecule has 0 spiro atoms. The zero-order chi connectivity index (χ0) is 15.7. The number of unbranched alkanes of at least 4 members (excludes halogenated alkanes) is 1. The van der Waals surface area contributed by atoms with Gasteiger partial charge in [-0.15, -0.1) is 0 Å². The van der Waals surface area contributed by atoms with Crippen LogP contribution in [0.2, 0.25) is 0 Å². The van der Waals surface area contributed by atoms with Gasteiger partial charge in [-0.25, -0.2) is 0 Å². The van der Waals surface area contributed by atoms with Crippen molar-refractivity contribution >= 4 is 5.78 Å². The topological polar surface area (TPSA) is 35.5 Å². The van der Waals surface area contributed by atoms with Crippen LogP contribution < -0.4 is 9.47 Å². The molecule has 3 heteroatoms. The van der Waals surface area contributed by atoms with Gasteiger partial charge in [0.25, 0.3) is 0 Å². The molecular formula is C18H28O3. The summed E-state index contributed by atoms with van der Waals surface area (Å²) in [6.07, 6.45) is 4.07. The molecule has 0 saturated heterocycles. The first-order chi connectivity index (χ1) is 10.2. The maximum Gasteiger partial charge on any atom is 0.166 e. The number of ether oxygens (including phenoxy) is 2. The van der Waals surface area contributed by atoms with Crippen molar-refractivity contribution < 1.29 is 14.3 Å². The minimum Gasteiger partial charge on any atom is -0.490 e. The summed E-state index contributed by atoms with van der Waals surface area (Å²) in [7, 11) is 0. The van der Waals surface area contributed by atoms with Crippen molar-refractivity contribution in [1.29, 1.82) is 0 Å². The predicted octanol–water partition coefficient (Wildman–Crippen LogP) is 4.88. The van der Waals surface area contributed by atoms with Gasteiger partial charge in [-0.05, 0) is 44.9 Å². The molecule has 21 heavy (non-hydrogen) atoms. The van der Waals surface area contributed by atoms with E-state index in [2.05, 4.69) is 13.8 Å². The molecule has 0 aromatic heterocycles. The fraction of sp³-hybridized carbons (Fsp3) is 0.611. The van der Waals surface area contributed by atoms with Crippen LogP contribution in [0.25, 0.3) is 0 Å². The molecule has 0 saturated carbocycles. The molecule has 1 aromatic carbocycles. The zero-order valence-electron chi connectivity index (χ0n) is 13.8. The van der Waals surface area contributed by atoms with Gasteiger partial charge in [0.2, 0.25) is 0 Å². The highest BCUT2D eigenvalue weighted by atomic mass is 16.5. The Morgan fingerprint density at radius 2 is 1.71 bits per heavy atom. The lowest BCUT2D eigenvalue weighted by Gasteiger charge is -2.16. The average molecular weight is 292 g/mol. The lowest BCUT2D eigenvalue weighted by atomic mass is 9.90. The highest BCUT2D eigenvalue weighted by Crippen LogP contribution is 2.30. The number of hydrogen-bond donors (Lipinski definition) is 0. The number of hydrogen-bond acceptors (Lipinski definition) is 3. The summed E-state index contributed by atoms with van der Waals surface area (Å²) < 4.78 is 11.1. The first-order valence-electron chi connectivity index (χ1n) is 8.11. The van der Waals surface area contributed by atoms with Crippen molar-refractivity contribution in [3.8, 4) is 11.5 Å². The second kappa shape index (κ2) is 9.43. The molecule has 1 rings (SSSR count). The molecular weight excluding hydrogens is 264 g/mol. The Labute approximate surface area is 128 Å². The number of carbonyl (C=O) groups is 1. The Balaban J connectivity index is 2.95. The average Bonchev–Trinajstić information content (AvgIpc) is 2.50. The molecule has 1 atom stereocenters. The Bertz CT molecular complexity index is 440. The molecule has 0 fully saturated rings. The molecule has 0 amide bonds. The first-order valence-corrected chi connectivity index (χ1v) is 8.11. The van der Waals surface area contributed by atoms with Gasteiger partial charge in [0.05, 0.1) is 13.2 Å². The molecule has 0 heterocycles. The van der Waals surface area contributed by atoms with Gasteiger partial charge in [0, 0.05) is 11.5 Å². The number of Topliss-reactive ketones (excluding diaryl/α,β-unsaturated/α-hetero) is 1. The summed E-state index contributed by atoms with van der Waals surface area (Å²) in [5.74, 6) is 1.69. The van der Waals surface area contributed by atoms with Crippen molar-refractivity contribution in [1.82, 2.24) is 0 Å². The van der Waals surface area contributed by atoms with E-state index < -0.39 is 0 Å². The lowest BCUT2D eigenvalue weighted by Crippen LogP contribution is -2.14. The van der Waals surface area contributed by atoms with Gasteiger partial charge in [0.15, 0.2) is 17.3 Å². The van der Waals surface area contributed by atoms with Crippen LogP contribution in [0.1, 0.15) is 63.7 Å². The Hall–Kier alpha value is -1.51. The molecule has 1 aromatic rings. The lowest BCUT2D eigenvalue weighted by molar-refractivity contribution is 0.0907. The number of ketones is 1. The summed E-state index contributed by atoms with van der Waals surface area (Å²) in [5, 5.41) is 0. The summed E-state index contributed by atoms with van der Waals surface area (Å²) in [6.45, 7) is 9.25. The van der Waals surface area contributed by atoms with Crippen molar-refractivity contribution in [3.05, 3.63) is 23.8 Å². The maximum absolute atomic E-state index is 12.6. The molecule has 0 aliphatic rings. The molecule has 0 N–H and O–H groups in total. The smallest absolute Gasteiger partial charge is 0.166 e. The van der Waals surface area contributed by atoms with E-state index in [0.717, 1.165) is 31.2 Å². The van der Waals surface area contributed by atoms with Gasteiger partial charge in [-0.2, -0.15) is 0 Å². The van der Waals surface area contributed by atoms with Gasteiger partial charge in [-0.1, -0.05) is 26.7 Å². The normalized spacial score (nSPS) is 12.0. The minimum atomic E-state index is 0.109. The highest BCUT2D eigenvalue weighted by molar-refractivity contribution is 5.98. The third-order valence-corrected chi connectivity index (χ3v) is 3.60. The molecule has 0 aliphatic heterocycles. The van der Waals surface area contributed by atoms with Crippen molar-refractivity contribution in [2.75, 3.05) is 13.2 Å². The number of rotatable bonds is 10. The number of carbonyl (C=O) groups excluding carboxylic acids is 1. The monoisotopic (exact) mass is 292 g/mol. The van der Waals surface area contributed by atoms with E-state index in [1.165, 1.54) is 0 Å². The van der Waals surface area contributed by atoms with Crippen LogP contribution >= 0.6 is 0 Å². The second-order valence-corrected chi connectivity index (χ2v) is 5.14. The van der Waals surface area contributed by atoms with Crippen molar-refractivity contribution in [2.45, 2.75) is 53.4 Å². The fourth-order valence-electron chi connectivity index (χ4n) is 2.41. The van der Waals surface area contributed by atoms with Gasteiger partial charge in [0.1, 0.15) is 0 Å². The second-order valence-electron chi connectivity index (χ2n) is 5.14. The van der Waals surface area contributed by atoms with Crippen LogP contribution in [-0.2, 0) is 0 Å². The molecule has 0 radical (unpaired) electrons. The predicted molar refractivity (Wildman–Crippen MR) is 86.4 cm³/mol. The quantitative estimate of drug-likeness (QED) is 0.576. The first kappa shape index (κ1) is 17.5. The standard InChI is InChI=1S/C18H28O3/c1-5-9-10-14(6-2)18(19)15-11-12-16(20-7-3)17(13-15)21-8-4/h11-14H,5-10H2,1-4H3. The fourth-order valence-corrected chi connectivity index (χ4v) is 2.41. The SMILES string of the molecule is CCCCC(CC)C(=O)c1ccc(OCC)c(OCC)c1. The highest BCUT2D eigenvalue weighted by Gasteiger charge is 2.19. The van der Waals surface area contributed by atoms with Gasteiger partial charge < -0.3 is 9.47 Å². The summed E-state index contributed by atoms with van der Waals surface area (Å²) in [6, 6.07) is 5.52. The van der Waals surface area contributed by atoms with Crippen molar-refractivity contribution in [2.24, 2.45) is 5.92 Å². The zero-order valence-corrected chi connectivity index (χ0v) is 13.8. The molecule has 3 nitrogen and oxygen atoms in total. The van der Waals surface area contributed by atoms with E-state index in [1.54, 1.807) is 0 Å². The summed E-state index contributed by atoms with van der Waals surface area (Å²) in [5.41, 5.74) is 0.727. The third-order valence-electron chi connectivity index (χ3n) is 3.60. The maximum atomic E-state index is 12.6. The van der Waals surface area contributed by atoms with Crippen LogP contribution in [0.3, 0.4) is 0 Å². The van der Waals surface area contributed by atoms with E-state index in [1.807, 2.05) is 32.0 Å². The summed E-state index contributed by atoms with van der Waals surface area (Å²) in [4.78, 5) is 12.6. The van der Waals surface area contributed by atoms with Crippen LogP contribution in [0.5, 0.6) is 11.5 Å². The Morgan fingerprint density at radius 3 is 2.29 bits per heavy atom. The minimum absolute atomic E-state index is 0.109. The van der Waals surface area contributed by atoms with Crippen LogP contribution in [0, 0.1) is 5.92 Å². The largest absolute Gasteiger partial charge is 0.490 e. The van der Waals surface area contributed by atoms with Crippen LogP contribution in [0.15, 0.2) is 18.2 Å². The van der Waals surface area contributed by atoms with E-state index in [4.69, 9.17) is 9.47 Å². The van der Waals surface area contributed by atoms with Gasteiger partial charge >= 0.3 is 0 Å². The van der Waals surface area contributed by atoms with E-state index in [-0.39, 0.29) is 11.7 Å². The summed E-state index contributed by atoms with van der Waals surface area (Å²) >= 11 is 0. The number of benzene rings is 1. The van der Waals surface area contributed by atoms with Crippen LogP contribution in [-0.4, -0.2) is 19.0 Å². The van der Waals surface area contributed by atoms with E-state index >= 15 is 0 Å². The van der Waals surface area contributed by atoms with E-state index in [9.17, 15) is 4.79 Å². The Morgan fingerprint density at radius 1 is 1.05 bits per heavy atom. The molecule has 118 valence electrons. The van der Waals surface area contributed by atoms with Gasteiger partial charge in [-0.3, -0.25) is 4.79 Å². The molecule has 1 unspecified atom stereocenters. The van der Waals surface area contributed by atoms with Crippen molar-refractivity contribution in [3.63, 3.8) is 0 Å².